The first-order valence-electron chi connectivity index (χ1n) is 11.7. The number of imidazole rings is 1. The monoisotopic (exact) mass is 469 g/mol. The lowest BCUT2D eigenvalue weighted by Gasteiger charge is -2.22. The molecule has 4 aromatic rings. The molecule has 1 amide bonds. The predicted molar refractivity (Wildman–Crippen MR) is 133 cm³/mol. The second kappa shape index (κ2) is 9.62. The number of carbonyl (C=O) groups excluding carboxylic acids is 2. The molecule has 3 aromatic carbocycles. The lowest BCUT2D eigenvalue weighted by atomic mass is 10.2. The number of nitrogens with zero attached hydrogens (tertiary/aromatic N) is 3. The molecule has 0 aliphatic heterocycles. The summed E-state index contributed by atoms with van der Waals surface area (Å²) in [6.45, 7) is 2.12. The maximum atomic E-state index is 12.9. The average Bonchev–Trinajstić information content (AvgIpc) is 3.67. The van der Waals surface area contributed by atoms with E-state index in [1.54, 1.807) is 24.1 Å². The number of ether oxygens (including phenoxy) is 2. The molecule has 0 unspecified atom stereocenters. The Bertz CT molecular complexity index is 1360. The van der Waals surface area contributed by atoms with E-state index in [1.807, 2.05) is 72.2 Å². The van der Waals surface area contributed by atoms with Gasteiger partial charge in [0.1, 0.15) is 11.6 Å². The summed E-state index contributed by atoms with van der Waals surface area (Å²) in [5.74, 6) is 0.868. The summed E-state index contributed by atoms with van der Waals surface area (Å²) >= 11 is 0. The molecule has 35 heavy (non-hydrogen) atoms. The average molecular weight is 470 g/mol. The molecular formula is C28H27N3O4. The van der Waals surface area contributed by atoms with E-state index in [1.165, 1.54) is 0 Å². The van der Waals surface area contributed by atoms with E-state index < -0.39 is 5.97 Å². The third kappa shape index (κ3) is 4.89. The molecule has 178 valence electrons. The Morgan fingerprint density at radius 2 is 1.77 bits per heavy atom. The van der Waals surface area contributed by atoms with Crippen LogP contribution >= 0.6 is 0 Å². The van der Waals surface area contributed by atoms with Crippen molar-refractivity contribution in [3.63, 3.8) is 0 Å². The third-order valence-corrected chi connectivity index (χ3v) is 6.22. The number of amides is 1. The summed E-state index contributed by atoms with van der Waals surface area (Å²) in [7, 11) is 1.62. The third-order valence-electron chi connectivity index (χ3n) is 6.22. The van der Waals surface area contributed by atoms with Crippen LogP contribution in [0.5, 0.6) is 5.75 Å². The van der Waals surface area contributed by atoms with Gasteiger partial charge in [0, 0.05) is 18.3 Å². The van der Waals surface area contributed by atoms with Crippen LogP contribution in [0.1, 0.15) is 34.6 Å². The molecule has 0 spiro atoms. The van der Waals surface area contributed by atoms with Crippen molar-refractivity contribution in [2.24, 2.45) is 0 Å². The molecule has 7 heteroatoms. The van der Waals surface area contributed by atoms with Crippen molar-refractivity contribution in [2.75, 3.05) is 13.7 Å². The van der Waals surface area contributed by atoms with E-state index in [0.29, 0.717) is 17.6 Å². The molecule has 7 nitrogen and oxygen atoms in total. The second-order valence-electron chi connectivity index (χ2n) is 8.71. The number of aromatic nitrogens is 2. The van der Waals surface area contributed by atoms with Crippen LogP contribution < -0.4 is 4.74 Å². The van der Waals surface area contributed by atoms with Gasteiger partial charge in [0.2, 0.25) is 0 Å². The fraction of sp³-hybridized carbons (Fsp3) is 0.250. The number of benzene rings is 3. The minimum Gasteiger partial charge on any atom is -0.497 e. The summed E-state index contributed by atoms with van der Waals surface area (Å²) in [6, 6.07) is 23.1. The van der Waals surface area contributed by atoms with E-state index in [2.05, 4.69) is 4.98 Å². The SMILES string of the molecule is COc1ccc(CN(C(=O)COC(=O)c2ccc3c(c2)nc(C)n3-c2ccccc2)C2CC2)cc1. The molecule has 0 N–H and O–H groups in total. The fourth-order valence-corrected chi connectivity index (χ4v) is 4.26. The van der Waals surface area contributed by atoms with Crippen molar-refractivity contribution >= 4 is 22.9 Å². The van der Waals surface area contributed by atoms with Crippen LogP contribution in [0.15, 0.2) is 72.8 Å². The number of aryl methyl sites for hydroxylation is 1. The van der Waals surface area contributed by atoms with Gasteiger partial charge in [-0.25, -0.2) is 9.78 Å². The maximum Gasteiger partial charge on any atom is 0.338 e. The van der Waals surface area contributed by atoms with E-state index in [-0.39, 0.29) is 18.6 Å². The molecule has 0 bridgehead atoms. The summed E-state index contributed by atoms with van der Waals surface area (Å²) in [5, 5.41) is 0. The second-order valence-corrected chi connectivity index (χ2v) is 8.71. The van der Waals surface area contributed by atoms with Gasteiger partial charge in [0.25, 0.3) is 5.91 Å². The number of hydrogen-bond donors (Lipinski definition) is 0. The Labute approximate surface area is 203 Å². The maximum absolute atomic E-state index is 12.9. The first-order chi connectivity index (χ1) is 17.0. The minimum atomic E-state index is -0.535. The Morgan fingerprint density at radius 3 is 2.46 bits per heavy atom. The van der Waals surface area contributed by atoms with Crippen LogP contribution in [0.2, 0.25) is 0 Å². The highest BCUT2D eigenvalue weighted by Gasteiger charge is 2.33. The zero-order valence-electron chi connectivity index (χ0n) is 19.8. The molecule has 1 heterocycles. The van der Waals surface area contributed by atoms with Gasteiger partial charge in [-0.1, -0.05) is 30.3 Å². The Balaban J connectivity index is 1.26. The standard InChI is InChI=1S/C28H27N3O4/c1-19-29-25-16-21(10-15-26(25)31(19)23-6-4-3-5-7-23)28(33)35-18-27(32)30(22-11-12-22)17-20-8-13-24(34-2)14-9-20/h3-10,13-16,22H,11-12,17-18H2,1-2H3. The zero-order valence-corrected chi connectivity index (χ0v) is 19.8. The molecule has 0 saturated heterocycles. The fourth-order valence-electron chi connectivity index (χ4n) is 4.26. The van der Waals surface area contributed by atoms with Gasteiger partial charge in [0.05, 0.1) is 23.7 Å². The van der Waals surface area contributed by atoms with Crippen molar-refractivity contribution in [3.05, 3.63) is 89.7 Å². The van der Waals surface area contributed by atoms with Gasteiger partial charge < -0.3 is 14.4 Å². The van der Waals surface area contributed by atoms with Gasteiger partial charge >= 0.3 is 5.97 Å². The van der Waals surface area contributed by atoms with Crippen LogP contribution in [0.3, 0.4) is 0 Å². The number of hydrogen-bond acceptors (Lipinski definition) is 5. The Kier molecular flexibility index (Phi) is 6.23. The normalized spacial score (nSPS) is 13.0. The van der Waals surface area contributed by atoms with Gasteiger partial charge in [-0.15, -0.1) is 0 Å². The van der Waals surface area contributed by atoms with Gasteiger partial charge in [-0.05, 0) is 67.8 Å². The molecule has 1 aliphatic rings. The number of carbonyl (C=O) groups is 2. The van der Waals surface area contributed by atoms with Gasteiger partial charge in [0.15, 0.2) is 6.61 Å². The smallest absolute Gasteiger partial charge is 0.338 e. The van der Waals surface area contributed by atoms with Crippen molar-refractivity contribution < 1.29 is 19.1 Å². The zero-order chi connectivity index (χ0) is 24.4. The van der Waals surface area contributed by atoms with E-state index in [0.717, 1.165) is 41.2 Å². The topological polar surface area (TPSA) is 73.7 Å². The number of para-hydroxylation sites is 1. The molecule has 1 aromatic heterocycles. The largest absolute Gasteiger partial charge is 0.497 e. The first-order valence-corrected chi connectivity index (χ1v) is 11.7. The molecule has 0 atom stereocenters. The minimum absolute atomic E-state index is 0.193. The lowest BCUT2D eigenvalue weighted by molar-refractivity contribution is -0.135. The van der Waals surface area contributed by atoms with Crippen LogP contribution in [-0.4, -0.2) is 46.1 Å². The molecule has 1 fully saturated rings. The van der Waals surface area contributed by atoms with Crippen LogP contribution in [0, 0.1) is 6.92 Å². The van der Waals surface area contributed by atoms with E-state index >= 15 is 0 Å². The number of rotatable bonds is 8. The summed E-state index contributed by atoms with van der Waals surface area (Å²) in [6.07, 6.45) is 1.94. The molecule has 1 aliphatic carbocycles. The number of fused-ring (bicyclic) bond motifs is 1. The Hall–Kier alpha value is -4.13. The van der Waals surface area contributed by atoms with E-state index in [4.69, 9.17) is 9.47 Å². The highest BCUT2D eigenvalue weighted by atomic mass is 16.5. The number of methoxy groups -OCH3 is 1. The molecular weight excluding hydrogens is 442 g/mol. The molecule has 5 rings (SSSR count). The summed E-state index contributed by atoms with van der Waals surface area (Å²) < 4.78 is 12.7. The van der Waals surface area contributed by atoms with Crippen molar-refractivity contribution in [1.29, 1.82) is 0 Å². The molecule has 0 radical (unpaired) electrons. The highest BCUT2D eigenvalue weighted by molar-refractivity contribution is 5.95. The number of esters is 1. The van der Waals surface area contributed by atoms with Crippen LogP contribution in [0.25, 0.3) is 16.7 Å². The Morgan fingerprint density at radius 1 is 1.03 bits per heavy atom. The van der Waals surface area contributed by atoms with Gasteiger partial charge in [-0.3, -0.25) is 9.36 Å². The predicted octanol–water partition coefficient (Wildman–Crippen LogP) is 4.69. The highest BCUT2D eigenvalue weighted by Crippen LogP contribution is 2.29. The quantitative estimate of drug-likeness (QED) is 0.350. The molecule has 1 saturated carbocycles. The lowest BCUT2D eigenvalue weighted by Crippen LogP contribution is -2.36. The first kappa shape index (κ1) is 22.7. The van der Waals surface area contributed by atoms with Crippen LogP contribution in [-0.2, 0) is 16.1 Å². The summed E-state index contributed by atoms with van der Waals surface area (Å²) in [4.78, 5) is 32.1. The van der Waals surface area contributed by atoms with E-state index in [9.17, 15) is 9.59 Å². The van der Waals surface area contributed by atoms with Crippen LogP contribution in [0.4, 0.5) is 0 Å². The van der Waals surface area contributed by atoms with Crippen molar-refractivity contribution in [1.82, 2.24) is 14.5 Å². The van der Waals surface area contributed by atoms with Crippen molar-refractivity contribution in [3.8, 4) is 11.4 Å². The van der Waals surface area contributed by atoms with Gasteiger partial charge in [-0.2, -0.15) is 0 Å². The summed E-state index contributed by atoms with van der Waals surface area (Å²) in [5.41, 5.74) is 3.99. The van der Waals surface area contributed by atoms with Crippen molar-refractivity contribution in [2.45, 2.75) is 32.4 Å².